The normalized spacial score (nSPS) is 14.3. The van der Waals surface area contributed by atoms with Gasteiger partial charge in [0.1, 0.15) is 22.0 Å². The van der Waals surface area contributed by atoms with Gasteiger partial charge in [-0.25, -0.2) is 13.1 Å². The van der Waals surface area contributed by atoms with E-state index in [-0.39, 0.29) is 16.2 Å². The highest BCUT2D eigenvalue weighted by atomic mass is 32.2. The van der Waals surface area contributed by atoms with Crippen molar-refractivity contribution in [2.24, 2.45) is 0 Å². The van der Waals surface area contributed by atoms with Crippen LogP contribution in [0.15, 0.2) is 17.0 Å². The number of carbonyl (C=O) groups is 1. The van der Waals surface area contributed by atoms with Crippen molar-refractivity contribution in [1.29, 1.82) is 0 Å². The van der Waals surface area contributed by atoms with Crippen LogP contribution in [0.4, 0.5) is 0 Å². The Balaban J connectivity index is 0.000000463. The minimum Gasteiger partial charge on any atom is -0.497 e. The third-order valence-corrected chi connectivity index (χ3v) is 4.34. The molecule has 1 aromatic carbocycles. The highest BCUT2D eigenvalue weighted by Gasteiger charge is 2.36. The first kappa shape index (κ1) is 19.2. The molecular weight excluding hydrogens is 320 g/mol. The lowest BCUT2D eigenvalue weighted by molar-refractivity contribution is 0.0981. The number of carbonyl (C=O) groups excluding carboxylic acids is 1. The van der Waals surface area contributed by atoms with E-state index in [9.17, 15) is 13.2 Å². The molecule has 0 atom stereocenters. The first-order chi connectivity index (χ1) is 10.9. The summed E-state index contributed by atoms with van der Waals surface area (Å²) >= 11 is 0. The third kappa shape index (κ3) is 4.84. The fraction of sp³-hybridized carbons (Fsp3) is 0.533. The number of hydrogen-bond donors (Lipinski definition) is 2. The smallest absolute Gasteiger partial charge is 0.270 e. The van der Waals surface area contributed by atoms with E-state index < -0.39 is 15.9 Å². The molecule has 0 radical (unpaired) electrons. The first-order valence-corrected chi connectivity index (χ1v) is 9.02. The van der Waals surface area contributed by atoms with Crippen LogP contribution in [-0.4, -0.2) is 41.1 Å². The van der Waals surface area contributed by atoms with Gasteiger partial charge in [0.05, 0.1) is 13.7 Å². The molecule has 0 saturated carbocycles. The van der Waals surface area contributed by atoms with Gasteiger partial charge in [0.15, 0.2) is 0 Å². The Morgan fingerprint density at radius 2 is 1.83 bits per heavy atom. The molecule has 0 fully saturated rings. The lowest BCUT2D eigenvalue weighted by Gasteiger charge is -2.09. The Morgan fingerprint density at radius 1 is 1.17 bits per heavy atom. The molecule has 8 heteroatoms. The number of methoxy groups -OCH3 is 1. The molecular formula is C15H24N2O5S. The minimum atomic E-state index is -3.79. The van der Waals surface area contributed by atoms with E-state index in [1.807, 2.05) is 11.6 Å². The summed E-state index contributed by atoms with van der Waals surface area (Å²) in [6.07, 6.45) is 0.750. The van der Waals surface area contributed by atoms with Crippen LogP contribution in [0.1, 0.15) is 37.6 Å². The van der Waals surface area contributed by atoms with Gasteiger partial charge >= 0.3 is 0 Å². The van der Waals surface area contributed by atoms with Gasteiger partial charge in [-0.3, -0.25) is 4.79 Å². The molecule has 2 rings (SSSR count). The van der Waals surface area contributed by atoms with Gasteiger partial charge in [-0.05, 0) is 19.5 Å². The van der Waals surface area contributed by atoms with E-state index in [1.165, 1.54) is 19.2 Å². The quantitative estimate of drug-likeness (QED) is 0.813. The second-order valence-corrected chi connectivity index (χ2v) is 6.39. The molecule has 0 aromatic heterocycles. The van der Waals surface area contributed by atoms with Crippen LogP contribution in [0, 0.1) is 0 Å². The zero-order chi connectivity index (χ0) is 17.5. The Morgan fingerprint density at radius 3 is 2.30 bits per heavy atom. The predicted octanol–water partition coefficient (Wildman–Crippen LogP) is 1.53. The summed E-state index contributed by atoms with van der Waals surface area (Å²) < 4.78 is 35.8. The van der Waals surface area contributed by atoms with Crippen molar-refractivity contribution in [2.75, 3.05) is 26.8 Å². The summed E-state index contributed by atoms with van der Waals surface area (Å²) in [4.78, 5) is 11.6. The Bertz CT molecular complexity index is 642. The molecule has 1 aromatic rings. The van der Waals surface area contributed by atoms with Gasteiger partial charge in [0.25, 0.3) is 15.9 Å². The van der Waals surface area contributed by atoms with E-state index >= 15 is 0 Å². The van der Waals surface area contributed by atoms with Gasteiger partial charge in [0.2, 0.25) is 0 Å². The average Bonchev–Trinajstić information content (AvgIpc) is 2.75. The molecule has 130 valence electrons. The van der Waals surface area contributed by atoms with Crippen molar-refractivity contribution in [3.8, 4) is 11.5 Å². The Hall–Kier alpha value is -1.80. The van der Waals surface area contributed by atoms with E-state index in [4.69, 9.17) is 9.47 Å². The molecule has 1 amide bonds. The second kappa shape index (κ2) is 8.73. The van der Waals surface area contributed by atoms with Crippen molar-refractivity contribution in [2.45, 2.75) is 32.1 Å². The molecule has 1 heterocycles. The zero-order valence-corrected chi connectivity index (χ0v) is 14.7. The standard InChI is InChI=1S/C11H13NO5S.C4H11N/c1-3-4-17-8-5-7(16-2)6-9-10(8)11(13)12-18(9,14)15;1-3-5-4-2/h5-6H,3-4H2,1-2H3,(H,12,13);5H,3-4H2,1-2H3. The van der Waals surface area contributed by atoms with Crippen molar-refractivity contribution < 1.29 is 22.7 Å². The number of sulfonamides is 1. The molecule has 7 nitrogen and oxygen atoms in total. The molecule has 23 heavy (non-hydrogen) atoms. The second-order valence-electron chi connectivity index (χ2n) is 4.74. The van der Waals surface area contributed by atoms with Crippen LogP contribution in [0.2, 0.25) is 0 Å². The van der Waals surface area contributed by atoms with Crippen molar-refractivity contribution >= 4 is 15.9 Å². The maximum Gasteiger partial charge on any atom is 0.270 e. The first-order valence-electron chi connectivity index (χ1n) is 7.53. The maximum atomic E-state index is 11.7. The summed E-state index contributed by atoms with van der Waals surface area (Å²) in [5.74, 6) is -0.108. The van der Waals surface area contributed by atoms with E-state index in [1.54, 1.807) is 0 Å². The molecule has 0 bridgehead atoms. The van der Waals surface area contributed by atoms with Crippen LogP contribution in [0.5, 0.6) is 11.5 Å². The minimum absolute atomic E-state index is 0.0456. The van der Waals surface area contributed by atoms with Gasteiger partial charge < -0.3 is 14.8 Å². The maximum absolute atomic E-state index is 11.7. The average molecular weight is 344 g/mol. The number of ether oxygens (including phenoxy) is 2. The fourth-order valence-corrected chi connectivity index (χ4v) is 3.11. The van der Waals surface area contributed by atoms with Crippen molar-refractivity contribution in [1.82, 2.24) is 10.0 Å². The summed E-state index contributed by atoms with van der Waals surface area (Å²) in [5, 5.41) is 3.11. The van der Waals surface area contributed by atoms with Crippen LogP contribution in [0.3, 0.4) is 0 Å². The molecule has 1 aliphatic rings. The summed E-state index contributed by atoms with van der Waals surface area (Å²) in [7, 11) is -2.38. The Kier molecular flexibility index (Phi) is 7.31. The summed E-state index contributed by atoms with van der Waals surface area (Å²) in [5.41, 5.74) is 0.0456. The van der Waals surface area contributed by atoms with Crippen molar-refractivity contribution in [3.05, 3.63) is 17.7 Å². The van der Waals surface area contributed by atoms with Crippen LogP contribution < -0.4 is 19.5 Å². The lowest BCUT2D eigenvalue weighted by atomic mass is 10.2. The third-order valence-electron chi connectivity index (χ3n) is 2.98. The Labute approximate surface area is 137 Å². The van der Waals surface area contributed by atoms with Crippen LogP contribution in [0.25, 0.3) is 0 Å². The molecule has 0 unspecified atom stereocenters. The molecule has 2 N–H and O–H groups in total. The highest BCUT2D eigenvalue weighted by molar-refractivity contribution is 7.90. The van der Waals surface area contributed by atoms with E-state index in [2.05, 4.69) is 19.2 Å². The zero-order valence-electron chi connectivity index (χ0n) is 13.9. The molecule has 0 aliphatic carbocycles. The van der Waals surface area contributed by atoms with Gasteiger partial charge in [0, 0.05) is 12.1 Å². The van der Waals surface area contributed by atoms with Gasteiger partial charge in [-0.1, -0.05) is 20.8 Å². The summed E-state index contributed by atoms with van der Waals surface area (Å²) in [6, 6.07) is 2.82. The number of hydrogen-bond acceptors (Lipinski definition) is 6. The van der Waals surface area contributed by atoms with Crippen molar-refractivity contribution in [3.63, 3.8) is 0 Å². The largest absolute Gasteiger partial charge is 0.497 e. The predicted molar refractivity (Wildman–Crippen MR) is 87.6 cm³/mol. The topological polar surface area (TPSA) is 93.7 Å². The highest BCUT2D eigenvalue weighted by Crippen LogP contribution is 2.35. The number of amides is 1. The number of nitrogens with one attached hydrogen (secondary N) is 2. The van der Waals surface area contributed by atoms with Gasteiger partial charge in [-0.2, -0.15) is 0 Å². The molecule has 0 saturated heterocycles. The summed E-state index contributed by atoms with van der Waals surface area (Å²) in [6.45, 7) is 8.70. The number of rotatable bonds is 6. The SMILES string of the molecule is CCCOc1cc(OC)cc2c1C(=O)NS2(=O)=O.CCNCC. The number of fused-ring (bicyclic) bond motifs is 1. The number of benzene rings is 1. The van der Waals surface area contributed by atoms with E-state index in [0.717, 1.165) is 19.5 Å². The monoisotopic (exact) mass is 344 g/mol. The van der Waals surface area contributed by atoms with E-state index in [0.29, 0.717) is 12.4 Å². The molecule has 1 aliphatic heterocycles. The lowest BCUT2D eigenvalue weighted by Crippen LogP contribution is -2.21. The van der Waals surface area contributed by atoms with Gasteiger partial charge in [-0.15, -0.1) is 0 Å². The fourth-order valence-electron chi connectivity index (χ4n) is 1.92. The van der Waals surface area contributed by atoms with Crippen LogP contribution >= 0.6 is 0 Å². The van der Waals surface area contributed by atoms with Crippen LogP contribution in [-0.2, 0) is 10.0 Å². The molecule has 0 spiro atoms.